The van der Waals surface area contributed by atoms with Crippen LogP contribution in [0.1, 0.15) is 46.0 Å². The number of nitrogens with zero attached hydrogens (tertiary/aromatic N) is 1. The smallest absolute Gasteiger partial charge is 0.335 e. The van der Waals surface area contributed by atoms with Crippen LogP contribution in [0, 0.1) is 6.92 Å². The molecule has 2 rings (SSSR count). The number of hydrogen-bond acceptors (Lipinski definition) is 4. The lowest BCUT2D eigenvalue weighted by molar-refractivity contribution is -0.121. The van der Waals surface area contributed by atoms with E-state index in [0.29, 0.717) is 5.56 Å². The third-order valence-corrected chi connectivity index (χ3v) is 4.29. The number of amides is 1. The van der Waals surface area contributed by atoms with Gasteiger partial charge in [-0.3, -0.25) is 4.79 Å². The predicted octanol–water partition coefficient (Wildman–Crippen LogP) is 2.96. The van der Waals surface area contributed by atoms with Crippen LogP contribution in [-0.2, 0) is 11.2 Å². The van der Waals surface area contributed by atoms with Gasteiger partial charge in [0.15, 0.2) is 0 Å². The van der Waals surface area contributed by atoms with E-state index in [-0.39, 0.29) is 23.9 Å². The topological polar surface area (TPSA) is 79.3 Å². The minimum atomic E-state index is -0.994. The largest absolute Gasteiger partial charge is 0.478 e. The van der Waals surface area contributed by atoms with Crippen LogP contribution in [0.15, 0.2) is 29.6 Å². The van der Waals surface area contributed by atoms with E-state index < -0.39 is 5.97 Å². The monoisotopic (exact) mass is 318 g/mol. The van der Waals surface area contributed by atoms with Gasteiger partial charge in [-0.05, 0) is 31.0 Å². The van der Waals surface area contributed by atoms with Gasteiger partial charge in [0.2, 0.25) is 5.91 Å². The molecule has 1 heterocycles. The highest BCUT2D eigenvalue weighted by Gasteiger charge is 2.16. The minimum Gasteiger partial charge on any atom is -0.478 e. The Labute approximate surface area is 133 Å². The van der Waals surface area contributed by atoms with Crippen LogP contribution in [0.5, 0.6) is 0 Å². The molecule has 22 heavy (non-hydrogen) atoms. The summed E-state index contributed by atoms with van der Waals surface area (Å²) in [5.74, 6) is -1.13. The van der Waals surface area contributed by atoms with Gasteiger partial charge in [0.05, 0.1) is 18.0 Å². The summed E-state index contributed by atoms with van der Waals surface area (Å²) in [5.41, 5.74) is 1.82. The second-order valence-corrected chi connectivity index (χ2v) is 5.93. The molecule has 6 heteroatoms. The highest BCUT2D eigenvalue weighted by molar-refractivity contribution is 7.09. The summed E-state index contributed by atoms with van der Waals surface area (Å²) in [6.07, 6.45) is 0.913. The van der Waals surface area contributed by atoms with Gasteiger partial charge in [0.1, 0.15) is 5.01 Å². The van der Waals surface area contributed by atoms with E-state index in [9.17, 15) is 9.59 Å². The fraction of sp³-hybridized carbons (Fsp3) is 0.312. The lowest BCUT2D eigenvalue weighted by atomic mass is 10.1. The van der Waals surface area contributed by atoms with E-state index in [1.165, 1.54) is 23.5 Å². The Balaban J connectivity index is 2.02. The molecule has 0 aliphatic rings. The van der Waals surface area contributed by atoms with Crippen LogP contribution >= 0.6 is 11.3 Å². The Bertz CT molecular complexity index is 682. The first-order valence-corrected chi connectivity index (χ1v) is 7.91. The maximum absolute atomic E-state index is 12.2. The standard InChI is InChI=1S/C16H18N2O3S/c1-3-13(15-17-10(2)9-22-15)18-14(19)8-11-5-4-6-12(7-11)16(20)21/h4-7,9,13H,3,8H2,1-2H3,(H,18,19)(H,20,21). The maximum atomic E-state index is 12.2. The molecule has 0 saturated carbocycles. The molecule has 0 bridgehead atoms. The van der Waals surface area contributed by atoms with Crippen molar-refractivity contribution in [2.75, 3.05) is 0 Å². The van der Waals surface area contributed by atoms with Crippen molar-refractivity contribution in [2.24, 2.45) is 0 Å². The van der Waals surface area contributed by atoms with Gasteiger partial charge in [0, 0.05) is 11.1 Å². The maximum Gasteiger partial charge on any atom is 0.335 e. The van der Waals surface area contributed by atoms with Crippen molar-refractivity contribution in [1.82, 2.24) is 10.3 Å². The molecule has 5 nitrogen and oxygen atoms in total. The molecule has 1 atom stereocenters. The fourth-order valence-electron chi connectivity index (χ4n) is 2.12. The number of carbonyl (C=O) groups excluding carboxylic acids is 1. The quantitative estimate of drug-likeness (QED) is 0.858. The summed E-state index contributed by atoms with van der Waals surface area (Å²) in [6, 6.07) is 6.33. The zero-order chi connectivity index (χ0) is 16.1. The van der Waals surface area contributed by atoms with Crippen molar-refractivity contribution in [2.45, 2.75) is 32.7 Å². The molecular weight excluding hydrogens is 300 g/mol. The van der Waals surface area contributed by atoms with Gasteiger partial charge < -0.3 is 10.4 Å². The number of benzene rings is 1. The molecule has 116 valence electrons. The predicted molar refractivity (Wildman–Crippen MR) is 85.1 cm³/mol. The van der Waals surface area contributed by atoms with Crippen LogP contribution in [0.25, 0.3) is 0 Å². The molecule has 0 aliphatic heterocycles. The van der Waals surface area contributed by atoms with E-state index in [1.54, 1.807) is 12.1 Å². The van der Waals surface area contributed by atoms with E-state index in [4.69, 9.17) is 5.11 Å². The van der Waals surface area contributed by atoms with E-state index in [0.717, 1.165) is 17.1 Å². The number of hydrogen-bond donors (Lipinski definition) is 2. The number of nitrogens with one attached hydrogen (secondary N) is 1. The van der Waals surface area contributed by atoms with Crippen molar-refractivity contribution in [3.05, 3.63) is 51.5 Å². The van der Waals surface area contributed by atoms with E-state index in [1.807, 2.05) is 19.2 Å². The Morgan fingerprint density at radius 1 is 1.41 bits per heavy atom. The summed E-state index contributed by atoms with van der Waals surface area (Å²) in [4.78, 5) is 27.5. The van der Waals surface area contributed by atoms with Crippen LogP contribution in [-0.4, -0.2) is 22.0 Å². The molecule has 2 aromatic rings. The van der Waals surface area contributed by atoms with Crippen LogP contribution in [0.4, 0.5) is 0 Å². The number of thiazole rings is 1. The molecule has 0 fully saturated rings. The Morgan fingerprint density at radius 3 is 2.77 bits per heavy atom. The van der Waals surface area contributed by atoms with Crippen LogP contribution < -0.4 is 5.32 Å². The SMILES string of the molecule is CCC(NC(=O)Cc1cccc(C(=O)O)c1)c1nc(C)cs1. The average molecular weight is 318 g/mol. The zero-order valence-electron chi connectivity index (χ0n) is 12.5. The highest BCUT2D eigenvalue weighted by Crippen LogP contribution is 2.21. The van der Waals surface area contributed by atoms with E-state index >= 15 is 0 Å². The molecule has 1 aromatic heterocycles. The van der Waals surface area contributed by atoms with Gasteiger partial charge in [-0.1, -0.05) is 19.1 Å². The van der Waals surface area contributed by atoms with Crippen molar-refractivity contribution in [1.29, 1.82) is 0 Å². The molecule has 0 saturated heterocycles. The first-order valence-electron chi connectivity index (χ1n) is 7.03. The van der Waals surface area contributed by atoms with Gasteiger partial charge in [-0.25, -0.2) is 9.78 Å². The summed E-state index contributed by atoms with van der Waals surface area (Å²) < 4.78 is 0. The van der Waals surface area contributed by atoms with Gasteiger partial charge >= 0.3 is 5.97 Å². The second kappa shape index (κ2) is 7.17. The third kappa shape index (κ3) is 4.14. The molecular formula is C16H18N2O3S. The zero-order valence-corrected chi connectivity index (χ0v) is 13.3. The molecule has 0 aliphatic carbocycles. The third-order valence-electron chi connectivity index (χ3n) is 3.22. The summed E-state index contributed by atoms with van der Waals surface area (Å²) >= 11 is 1.53. The number of rotatable bonds is 6. The lowest BCUT2D eigenvalue weighted by Crippen LogP contribution is -2.29. The number of carboxylic acid groups (broad SMARTS) is 1. The molecule has 2 N–H and O–H groups in total. The summed E-state index contributed by atoms with van der Waals surface area (Å²) in [6.45, 7) is 3.92. The first kappa shape index (κ1) is 16.2. The first-order chi connectivity index (χ1) is 10.5. The number of aryl methyl sites for hydroxylation is 1. The van der Waals surface area contributed by atoms with Gasteiger partial charge in [-0.2, -0.15) is 0 Å². The average Bonchev–Trinajstić information content (AvgIpc) is 2.91. The Hall–Kier alpha value is -2.21. The molecule has 1 aromatic carbocycles. The van der Waals surface area contributed by atoms with Crippen molar-refractivity contribution >= 4 is 23.2 Å². The minimum absolute atomic E-state index is 0.103. The normalized spacial score (nSPS) is 11.9. The summed E-state index contributed by atoms with van der Waals surface area (Å²) in [5, 5.41) is 14.8. The van der Waals surface area contributed by atoms with E-state index in [2.05, 4.69) is 10.3 Å². The number of carboxylic acids is 1. The van der Waals surface area contributed by atoms with Crippen LogP contribution in [0.2, 0.25) is 0 Å². The molecule has 1 unspecified atom stereocenters. The fourth-order valence-corrected chi connectivity index (χ4v) is 3.05. The molecule has 0 spiro atoms. The Kier molecular flexibility index (Phi) is 5.27. The number of aromatic carboxylic acids is 1. The van der Waals surface area contributed by atoms with Crippen molar-refractivity contribution in [3.8, 4) is 0 Å². The number of carbonyl (C=O) groups is 2. The number of aromatic nitrogens is 1. The van der Waals surface area contributed by atoms with Crippen molar-refractivity contribution in [3.63, 3.8) is 0 Å². The Morgan fingerprint density at radius 2 is 2.18 bits per heavy atom. The second-order valence-electron chi connectivity index (χ2n) is 5.04. The highest BCUT2D eigenvalue weighted by atomic mass is 32.1. The molecule has 1 amide bonds. The van der Waals surface area contributed by atoms with Crippen LogP contribution in [0.3, 0.4) is 0 Å². The lowest BCUT2D eigenvalue weighted by Gasteiger charge is -2.14. The van der Waals surface area contributed by atoms with Gasteiger partial charge in [0.25, 0.3) is 0 Å². The summed E-state index contributed by atoms with van der Waals surface area (Å²) in [7, 11) is 0. The van der Waals surface area contributed by atoms with Crippen molar-refractivity contribution < 1.29 is 14.7 Å². The van der Waals surface area contributed by atoms with Gasteiger partial charge in [-0.15, -0.1) is 11.3 Å². The molecule has 0 radical (unpaired) electrons.